The Labute approximate surface area is 75.3 Å². The SMILES string of the molecule is CN1CCCC1[C@H]1CCCNC1. The first kappa shape index (κ1) is 8.52. The number of piperidine rings is 1. The summed E-state index contributed by atoms with van der Waals surface area (Å²) in [5.41, 5.74) is 0. The molecule has 0 radical (unpaired) electrons. The van der Waals surface area contributed by atoms with Crippen LogP contribution in [0, 0.1) is 5.92 Å². The minimum atomic E-state index is 0.887. The fourth-order valence-corrected chi connectivity index (χ4v) is 2.74. The van der Waals surface area contributed by atoms with Crippen molar-refractivity contribution in [1.29, 1.82) is 0 Å². The van der Waals surface area contributed by atoms with Crippen LogP contribution in [0.5, 0.6) is 0 Å². The van der Waals surface area contributed by atoms with E-state index in [9.17, 15) is 0 Å². The maximum absolute atomic E-state index is 3.51. The number of rotatable bonds is 1. The lowest BCUT2D eigenvalue weighted by atomic mass is 9.90. The van der Waals surface area contributed by atoms with E-state index in [1.54, 1.807) is 0 Å². The molecule has 2 saturated heterocycles. The Hall–Kier alpha value is -0.0800. The first-order valence-electron chi connectivity index (χ1n) is 5.29. The van der Waals surface area contributed by atoms with Crippen LogP contribution in [0.25, 0.3) is 0 Å². The van der Waals surface area contributed by atoms with Gasteiger partial charge >= 0.3 is 0 Å². The molecule has 2 aliphatic heterocycles. The van der Waals surface area contributed by atoms with Gasteiger partial charge in [0.15, 0.2) is 0 Å². The third-order valence-corrected chi connectivity index (χ3v) is 3.46. The van der Waals surface area contributed by atoms with Gasteiger partial charge in [-0.2, -0.15) is 0 Å². The van der Waals surface area contributed by atoms with E-state index in [4.69, 9.17) is 0 Å². The van der Waals surface area contributed by atoms with Crippen LogP contribution >= 0.6 is 0 Å². The van der Waals surface area contributed by atoms with Gasteiger partial charge in [-0.1, -0.05) is 0 Å². The van der Waals surface area contributed by atoms with Crippen LogP contribution in [0.4, 0.5) is 0 Å². The number of likely N-dealkylation sites (tertiary alicyclic amines) is 1. The van der Waals surface area contributed by atoms with Crippen LogP contribution in [0.2, 0.25) is 0 Å². The molecular formula is C10H20N2. The second-order valence-electron chi connectivity index (χ2n) is 4.30. The lowest BCUT2D eigenvalue weighted by Crippen LogP contribution is -2.41. The van der Waals surface area contributed by atoms with E-state index in [1.165, 1.54) is 45.3 Å². The molecular weight excluding hydrogens is 148 g/mol. The molecule has 0 aromatic rings. The summed E-state index contributed by atoms with van der Waals surface area (Å²) in [4.78, 5) is 2.55. The zero-order valence-corrected chi connectivity index (χ0v) is 8.05. The molecule has 0 saturated carbocycles. The highest BCUT2D eigenvalue weighted by atomic mass is 15.2. The van der Waals surface area contributed by atoms with E-state index >= 15 is 0 Å². The Kier molecular flexibility index (Phi) is 2.66. The molecule has 0 bridgehead atoms. The van der Waals surface area contributed by atoms with Crippen molar-refractivity contribution in [3.05, 3.63) is 0 Å². The number of nitrogens with one attached hydrogen (secondary N) is 1. The summed E-state index contributed by atoms with van der Waals surface area (Å²) >= 11 is 0. The molecule has 2 atom stereocenters. The molecule has 2 heterocycles. The van der Waals surface area contributed by atoms with Gasteiger partial charge in [-0.05, 0) is 58.3 Å². The van der Waals surface area contributed by atoms with Gasteiger partial charge in [0.2, 0.25) is 0 Å². The molecule has 2 nitrogen and oxygen atoms in total. The monoisotopic (exact) mass is 168 g/mol. The van der Waals surface area contributed by atoms with Gasteiger partial charge in [0, 0.05) is 6.04 Å². The maximum Gasteiger partial charge on any atom is 0.0133 e. The summed E-state index contributed by atoms with van der Waals surface area (Å²) in [5.74, 6) is 0.936. The number of hydrogen-bond acceptors (Lipinski definition) is 2. The van der Waals surface area contributed by atoms with E-state index in [1.807, 2.05) is 0 Å². The lowest BCUT2D eigenvalue weighted by molar-refractivity contribution is 0.195. The van der Waals surface area contributed by atoms with E-state index in [0.29, 0.717) is 0 Å². The summed E-state index contributed by atoms with van der Waals surface area (Å²) in [6.07, 6.45) is 5.68. The second-order valence-corrected chi connectivity index (χ2v) is 4.30. The summed E-state index contributed by atoms with van der Waals surface area (Å²) < 4.78 is 0. The van der Waals surface area contributed by atoms with Gasteiger partial charge in [-0.15, -0.1) is 0 Å². The van der Waals surface area contributed by atoms with Crippen molar-refractivity contribution in [2.24, 2.45) is 5.92 Å². The average molecular weight is 168 g/mol. The van der Waals surface area contributed by atoms with Crippen LogP contribution in [-0.4, -0.2) is 37.6 Å². The summed E-state index contributed by atoms with van der Waals surface area (Å²) in [5, 5.41) is 3.51. The normalized spacial score (nSPS) is 38.8. The maximum atomic E-state index is 3.51. The van der Waals surface area contributed by atoms with Crippen molar-refractivity contribution in [2.45, 2.75) is 31.7 Å². The van der Waals surface area contributed by atoms with Crippen molar-refractivity contribution in [2.75, 3.05) is 26.7 Å². The molecule has 1 unspecified atom stereocenters. The third-order valence-electron chi connectivity index (χ3n) is 3.46. The standard InChI is InChI=1S/C10H20N2/c1-12-7-3-5-10(12)9-4-2-6-11-8-9/h9-11H,2-8H2,1H3/t9-,10?/m0/s1. The summed E-state index contributed by atoms with van der Waals surface area (Å²) in [6, 6.07) is 0.887. The van der Waals surface area contributed by atoms with Crippen LogP contribution in [0.1, 0.15) is 25.7 Å². The molecule has 2 rings (SSSR count). The molecule has 0 aromatic heterocycles. The van der Waals surface area contributed by atoms with E-state index in [-0.39, 0.29) is 0 Å². The van der Waals surface area contributed by atoms with E-state index in [0.717, 1.165) is 12.0 Å². The second kappa shape index (κ2) is 3.75. The van der Waals surface area contributed by atoms with Gasteiger partial charge < -0.3 is 10.2 Å². The molecule has 1 N–H and O–H groups in total. The highest BCUT2D eigenvalue weighted by Gasteiger charge is 2.29. The molecule has 0 spiro atoms. The van der Waals surface area contributed by atoms with Crippen molar-refractivity contribution >= 4 is 0 Å². The van der Waals surface area contributed by atoms with E-state index in [2.05, 4.69) is 17.3 Å². The molecule has 0 aliphatic carbocycles. The van der Waals surface area contributed by atoms with Crippen LogP contribution in [0.15, 0.2) is 0 Å². The predicted molar refractivity (Wildman–Crippen MR) is 51.2 cm³/mol. The highest BCUT2D eigenvalue weighted by Crippen LogP contribution is 2.26. The van der Waals surface area contributed by atoms with Gasteiger partial charge in [0.1, 0.15) is 0 Å². The highest BCUT2D eigenvalue weighted by molar-refractivity contribution is 4.86. The van der Waals surface area contributed by atoms with E-state index < -0.39 is 0 Å². The molecule has 70 valence electrons. The Balaban J connectivity index is 1.89. The first-order valence-corrected chi connectivity index (χ1v) is 5.29. The largest absolute Gasteiger partial charge is 0.316 e. The van der Waals surface area contributed by atoms with Crippen LogP contribution < -0.4 is 5.32 Å². The predicted octanol–water partition coefficient (Wildman–Crippen LogP) is 1.08. The minimum absolute atomic E-state index is 0.887. The van der Waals surface area contributed by atoms with Crippen molar-refractivity contribution < 1.29 is 0 Å². The molecule has 2 heteroatoms. The van der Waals surface area contributed by atoms with Crippen molar-refractivity contribution in [3.63, 3.8) is 0 Å². The Morgan fingerprint density at radius 2 is 2.17 bits per heavy atom. The quantitative estimate of drug-likeness (QED) is 0.630. The van der Waals surface area contributed by atoms with Gasteiger partial charge in [-0.3, -0.25) is 0 Å². The molecule has 0 amide bonds. The third kappa shape index (κ3) is 1.64. The number of nitrogens with zero attached hydrogens (tertiary/aromatic N) is 1. The van der Waals surface area contributed by atoms with Crippen LogP contribution in [-0.2, 0) is 0 Å². The zero-order chi connectivity index (χ0) is 8.39. The van der Waals surface area contributed by atoms with Gasteiger partial charge in [-0.25, -0.2) is 0 Å². The lowest BCUT2D eigenvalue weighted by Gasteiger charge is -2.32. The fraction of sp³-hybridized carbons (Fsp3) is 1.00. The molecule has 12 heavy (non-hydrogen) atoms. The first-order chi connectivity index (χ1) is 5.88. The molecule has 0 aromatic carbocycles. The molecule has 2 aliphatic rings. The Bertz CT molecular complexity index is 141. The summed E-state index contributed by atoms with van der Waals surface area (Å²) in [6.45, 7) is 3.82. The van der Waals surface area contributed by atoms with Crippen LogP contribution in [0.3, 0.4) is 0 Å². The van der Waals surface area contributed by atoms with Crippen molar-refractivity contribution in [3.8, 4) is 0 Å². The Morgan fingerprint density at radius 1 is 1.25 bits per heavy atom. The minimum Gasteiger partial charge on any atom is -0.316 e. The van der Waals surface area contributed by atoms with Gasteiger partial charge in [0.25, 0.3) is 0 Å². The summed E-state index contributed by atoms with van der Waals surface area (Å²) in [7, 11) is 2.28. The topological polar surface area (TPSA) is 15.3 Å². The Morgan fingerprint density at radius 3 is 2.75 bits per heavy atom. The van der Waals surface area contributed by atoms with Gasteiger partial charge in [0.05, 0.1) is 0 Å². The molecule has 2 fully saturated rings. The number of hydrogen-bond donors (Lipinski definition) is 1. The average Bonchev–Trinajstić information content (AvgIpc) is 2.53. The van der Waals surface area contributed by atoms with Crippen molar-refractivity contribution in [1.82, 2.24) is 10.2 Å². The smallest absolute Gasteiger partial charge is 0.0133 e. The fourth-order valence-electron chi connectivity index (χ4n) is 2.74. The zero-order valence-electron chi connectivity index (χ0n) is 8.05.